The van der Waals surface area contributed by atoms with Gasteiger partial charge in [-0.3, -0.25) is 4.79 Å². The molecule has 1 aromatic rings. The number of hydrogen-bond acceptors (Lipinski definition) is 3. The summed E-state index contributed by atoms with van der Waals surface area (Å²) < 4.78 is 6.15. The third-order valence-corrected chi connectivity index (χ3v) is 4.68. The molecule has 4 nitrogen and oxygen atoms in total. The van der Waals surface area contributed by atoms with Gasteiger partial charge in [-0.15, -0.1) is 0 Å². The smallest absolute Gasteiger partial charge is 0.256 e. The van der Waals surface area contributed by atoms with Crippen LogP contribution in [0.4, 0.5) is 5.69 Å². The van der Waals surface area contributed by atoms with E-state index in [0.717, 1.165) is 30.2 Å². The molecular weight excluding hydrogens is 332 g/mol. The molecule has 0 bridgehead atoms. The van der Waals surface area contributed by atoms with Crippen LogP contribution >= 0.6 is 27.5 Å². The summed E-state index contributed by atoms with van der Waals surface area (Å²) in [5.41, 5.74) is 0.799. The maximum Gasteiger partial charge on any atom is 0.256 e. The van der Waals surface area contributed by atoms with E-state index in [0.29, 0.717) is 22.0 Å². The van der Waals surface area contributed by atoms with Crippen molar-refractivity contribution in [3.8, 4) is 5.75 Å². The maximum absolute atomic E-state index is 12.3. The molecule has 0 unspecified atom stereocenters. The van der Waals surface area contributed by atoms with Crippen LogP contribution in [0, 0.1) is 0 Å². The molecule has 1 aliphatic carbocycles. The lowest BCUT2D eigenvalue weighted by Crippen LogP contribution is -2.55. The first-order valence-electron chi connectivity index (χ1n) is 6.23. The second-order valence-electron chi connectivity index (χ2n) is 4.99. The van der Waals surface area contributed by atoms with E-state index < -0.39 is 0 Å². The molecule has 2 N–H and O–H groups in total. The Balaban J connectivity index is 2.17. The van der Waals surface area contributed by atoms with E-state index >= 15 is 0 Å². The zero-order chi connectivity index (χ0) is 13.6. The molecule has 1 aliphatic heterocycles. The number of rotatable bonds is 1. The summed E-state index contributed by atoms with van der Waals surface area (Å²) in [4.78, 5) is 12.3. The van der Waals surface area contributed by atoms with Gasteiger partial charge < -0.3 is 15.4 Å². The molecule has 1 aromatic carbocycles. The lowest BCUT2D eigenvalue weighted by molar-refractivity contribution is 0.0901. The quantitative estimate of drug-likeness (QED) is 0.818. The summed E-state index contributed by atoms with van der Waals surface area (Å²) in [7, 11) is 1.59. The van der Waals surface area contributed by atoms with Crippen molar-refractivity contribution in [3.05, 3.63) is 21.1 Å². The number of benzene rings is 1. The summed E-state index contributed by atoms with van der Waals surface area (Å²) in [5.74, 6) is 0.493. The van der Waals surface area contributed by atoms with Crippen LogP contribution in [0.2, 0.25) is 5.02 Å². The largest absolute Gasteiger partial charge is 0.493 e. The van der Waals surface area contributed by atoms with E-state index in [1.807, 2.05) is 0 Å². The average Bonchev–Trinajstić information content (AvgIpc) is 2.76. The molecule has 2 aliphatic rings. The first-order valence-corrected chi connectivity index (χ1v) is 7.40. The lowest BCUT2D eigenvalue weighted by Gasteiger charge is -2.38. The molecule has 0 aromatic heterocycles. The number of amides is 1. The Morgan fingerprint density at radius 2 is 2.05 bits per heavy atom. The van der Waals surface area contributed by atoms with Gasteiger partial charge in [0.1, 0.15) is 5.66 Å². The molecule has 0 saturated heterocycles. The van der Waals surface area contributed by atoms with Crippen molar-refractivity contribution < 1.29 is 9.53 Å². The van der Waals surface area contributed by atoms with Crippen molar-refractivity contribution in [1.29, 1.82) is 0 Å². The predicted molar refractivity (Wildman–Crippen MR) is 78.0 cm³/mol. The van der Waals surface area contributed by atoms with Gasteiger partial charge in [-0.2, -0.15) is 0 Å². The van der Waals surface area contributed by atoms with E-state index in [2.05, 4.69) is 26.6 Å². The second-order valence-corrected chi connectivity index (χ2v) is 6.25. The minimum Gasteiger partial charge on any atom is -0.493 e. The SMILES string of the molecule is COc1c(Br)cc(Cl)c2c1NC1(CCCC1)NC2=O. The van der Waals surface area contributed by atoms with Gasteiger partial charge in [0.15, 0.2) is 5.75 Å². The topological polar surface area (TPSA) is 50.4 Å². The van der Waals surface area contributed by atoms with Gasteiger partial charge in [-0.25, -0.2) is 0 Å². The minimum atomic E-state index is -0.346. The van der Waals surface area contributed by atoms with E-state index in [1.54, 1.807) is 13.2 Å². The predicted octanol–water partition coefficient (Wildman–Crippen LogP) is 3.54. The van der Waals surface area contributed by atoms with Gasteiger partial charge in [-0.05, 0) is 47.7 Å². The highest BCUT2D eigenvalue weighted by atomic mass is 79.9. The number of fused-ring (bicyclic) bond motifs is 1. The van der Waals surface area contributed by atoms with E-state index in [-0.39, 0.29) is 11.6 Å². The molecule has 0 radical (unpaired) electrons. The number of anilines is 1. The molecule has 1 heterocycles. The number of hydrogen-bond donors (Lipinski definition) is 2. The Hall–Kier alpha value is -0.940. The van der Waals surface area contributed by atoms with Gasteiger partial charge in [0.25, 0.3) is 5.91 Å². The molecule has 1 spiro atoms. The summed E-state index contributed by atoms with van der Waals surface area (Å²) in [6, 6.07) is 1.69. The van der Waals surface area contributed by atoms with Gasteiger partial charge in [-0.1, -0.05) is 11.6 Å². The molecule has 1 amide bonds. The summed E-state index contributed by atoms with van der Waals surface area (Å²) in [6.07, 6.45) is 4.05. The van der Waals surface area contributed by atoms with Crippen molar-refractivity contribution in [2.45, 2.75) is 31.3 Å². The Bertz CT molecular complexity index is 556. The molecular formula is C13H14BrClN2O2. The lowest BCUT2D eigenvalue weighted by atomic mass is 10.00. The molecule has 102 valence electrons. The third-order valence-electron chi connectivity index (χ3n) is 3.79. The first-order chi connectivity index (χ1) is 9.06. The van der Waals surface area contributed by atoms with Crippen molar-refractivity contribution in [2.75, 3.05) is 12.4 Å². The highest BCUT2D eigenvalue weighted by Gasteiger charge is 2.42. The number of ether oxygens (including phenoxy) is 1. The van der Waals surface area contributed by atoms with E-state index in [9.17, 15) is 4.79 Å². The molecule has 19 heavy (non-hydrogen) atoms. The second kappa shape index (κ2) is 4.56. The van der Waals surface area contributed by atoms with Crippen molar-refractivity contribution in [1.82, 2.24) is 5.32 Å². The highest BCUT2D eigenvalue weighted by molar-refractivity contribution is 9.10. The van der Waals surface area contributed by atoms with Gasteiger partial charge in [0.2, 0.25) is 0 Å². The molecule has 0 atom stereocenters. The van der Waals surface area contributed by atoms with Crippen molar-refractivity contribution in [2.24, 2.45) is 0 Å². The highest BCUT2D eigenvalue weighted by Crippen LogP contribution is 2.45. The summed E-state index contributed by atoms with van der Waals surface area (Å²) in [6.45, 7) is 0. The van der Waals surface area contributed by atoms with Crippen LogP contribution in [-0.2, 0) is 0 Å². The zero-order valence-corrected chi connectivity index (χ0v) is 12.8. The summed E-state index contributed by atoms with van der Waals surface area (Å²) in [5, 5.41) is 6.90. The third kappa shape index (κ3) is 1.99. The average molecular weight is 346 g/mol. The van der Waals surface area contributed by atoms with Crippen LogP contribution in [-0.4, -0.2) is 18.7 Å². The van der Waals surface area contributed by atoms with Crippen LogP contribution < -0.4 is 15.4 Å². The Labute approximate surface area is 125 Å². The Morgan fingerprint density at radius 1 is 1.37 bits per heavy atom. The standard InChI is InChI=1S/C13H14BrClN2O2/c1-19-11-7(14)6-8(15)9-10(11)16-13(17-12(9)18)4-2-3-5-13/h6,16H,2-5H2,1H3,(H,17,18). The van der Waals surface area contributed by atoms with Crippen molar-refractivity contribution in [3.63, 3.8) is 0 Å². The minimum absolute atomic E-state index is 0.133. The van der Waals surface area contributed by atoms with Gasteiger partial charge in [0, 0.05) is 0 Å². The van der Waals surface area contributed by atoms with E-state index in [1.165, 1.54) is 0 Å². The fourth-order valence-electron chi connectivity index (χ4n) is 2.92. The fraction of sp³-hybridized carbons (Fsp3) is 0.462. The normalized spacial score (nSPS) is 19.8. The first kappa shape index (κ1) is 13.1. The number of carbonyl (C=O) groups excluding carboxylic acids is 1. The van der Waals surface area contributed by atoms with Crippen LogP contribution in [0.15, 0.2) is 10.5 Å². The number of halogens is 2. The number of carbonyl (C=O) groups is 1. The Morgan fingerprint density at radius 3 is 2.68 bits per heavy atom. The van der Waals surface area contributed by atoms with Crippen molar-refractivity contribution >= 4 is 39.1 Å². The Kier molecular flexibility index (Phi) is 3.14. The van der Waals surface area contributed by atoms with Crippen LogP contribution in [0.5, 0.6) is 5.75 Å². The fourth-order valence-corrected chi connectivity index (χ4v) is 3.93. The zero-order valence-electron chi connectivity index (χ0n) is 10.5. The van der Waals surface area contributed by atoms with Crippen LogP contribution in [0.25, 0.3) is 0 Å². The molecule has 1 saturated carbocycles. The maximum atomic E-state index is 12.3. The number of nitrogens with one attached hydrogen (secondary N) is 2. The van der Waals surface area contributed by atoms with Gasteiger partial charge in [0.05, 0.1) is 27.9 Å². The van der Waals surface area contributed by atoms with Gasteiger partial charge >= 0.3 is 0 Å². The summed E-state index contributed by atoms with van der Waals surface area (Å²) >= 11 is 9.60. The van der Waals surface area contributed by atoms with Crippen LogP contribution in [0.3, 0.4) is 0 Å². The monoisotopic (exact) mass is 344 g/mol. The van der Waals surface area contributed by atoms with E-state index in [4.69, 9.17) is 16.3 Å². The number of methoxy groups -OCH3 is 1. The molecule has 1 fully saturated rings. The van der Waals surface area contributed by atoms with Crippen LogP contribution in [0.1, 0.15) is 36.0 Å². The molecule has 6 heteroatoms. The molecule has 3 rings (SSSR count).